The molecule has 0 atom stereocenters. The first-order valence-corrected chi connectivity index (χ1v) is 25.8. The molecule has 6 nitrogen and oxygen atoms in total. The highest BCUT2D eigenvalue weighted by Gasteiger charge is 2.31. The van der Waals surface area contributed by atoms with Gasteiger partial charge in [0.1, 0.15) is 5.70 Å². The predicted octanol–water partition coefficient (Wildman–Crippen LogP) is 17.7. The van der Waals surface area contributed by atoms with Gasteiger partial charge >= 0.3 is 0 Å². The number of fused-ring (bicyclic) bond motifs is 12. The van der Waals surface area contributed by atoms with Gasteiger partial charge in [0.15, 0.2) is 5.84 Å². The van der Waals surface area contributed by atoms with E-state index < -0.39 is 0 Å². The van der Waals surface area contributed by atoms with Gasteiger partial charge in [-0.25, -0.2) is 4.99 Å². The summed E-state index contributed by atoms with van der Waals surface area (Å²) in [5.74, 6) is 0.702. The van der Waals surface area contributed by atoms with Gasteiger partial charge in [0, 0.05) is 66.1 Å². The number of pyridine rings is 1. The smallest absolute Gasteiger partial charge is 0.164 e. The first-order chi connectivity index (χ1) is 37.7. The van der Waals surface area contributed by atoms with E-state index in [9.17, 15) is 0 Å². The molecule has 5 aromatic heterocycles. The Labute approximate surface area is 437 Å². The molecule has 5 heterocycles. The Morgan fingerprint density at radius 2 is 0.711 bits per heavy atom. The van der Waals surface area contributed by atoms with Crippen LogP contribution in [0.1, 0.15) is 11.1 Å². The lowest BCUT2D eigenvalue weighted by molar-refractivity contribution is 1.14. The molecule has 0 saturated heterocycles. The van der Waals surface area contributed by atoms with Crippen molar-refractivity contribution in [3.63, 3.8) is 0 Å². The van der Waals surface area contributed by atoms with Gasteiger partial charge in [0.25, 0.3) is 0 Å². The SMILES string of the molecule is C=C(N=C(/C(=C(/c1ccccc1-c1ccccn1)n1c2ccccc2c2ccccc21)n1c2ccccc2c2ccccc21)n1c2ccccc2c2ccccc21)c1ccc(-n2c3ccccc3c3ccccc32)cc1. The Morgan fingerprint density at radius 3 is 1.16 bits per heavy atom. The molecular formula is C70H46N6. The second kappa shape index (κ2) is 17.4. The minimum atomic E-state index is 0.614. The Morgan fingerprint density at radius 1 is 0.342 bits per heavy atom. The Hall–Kier alpha value is -10.3. The van der Waals surface area contributed by atoms with E-state index in [1.807, 2.05) is 12.3 Å². The molecule has 0 radical (unpaired) electrons. The molecule has 0 aliphatic heterocycles. The van der Waals surface area contributed by atoms with E-state index in [-0.39, 0.29) is 0 Å². The van der Waals surface area contributed by atoms with Crippen LogP contribution >= 0.6 is 0 Å². The van der Waals surface area contributed by atoms with Crippen molar-refractivity contribution in [2.75, 3.05) is 0 Å². The molecule has 6 heteroatoms. The normalized spacial score (nSPS) is 12.6. The summed E-state index contributed by atoms with van der Waals surface area (Å²) in [5.41, 5.74) is 15.8. The molecule has 0 aliphatic rings. The third-order valence-electron chi connectivity index (χ3n) is 15.2. The maximum atomic E-state index is 6.04. The van der Waals surface area contributed by atoms with Gasteiger partial charge in [-0.3, -0.25) is 9.55 Å². The zero-order valence-electron chi connectivity index (χ0n) is 41.3. The quantitative estimate of drug-likeness (QED) is 0.111. The van der Waals surface area contributed by atoms with Crippen LogP contribution in [0.4, 0.5) is 0 Å². The maximum Gasteiger partial charge on any atom is 0.164 e. The summed E-state index contributed by atoms with van der Waals surface area (Å²) in [4.78, 5) is 11.1. The van der Waals surface area contributed by atoms with Gasteiger partial charge in [0.2, 0.25) is 0 Å². The summed E-state index contributed by atoms with van der Waals surface area (Å²) in [7, 11) is 0. The van der Waals surface area contributed by atoms with Crippen LogP contribution in [-0.2, 0) is 0 Å². The van der Waals surface area contributed by atoms with Gasteiger partial charge in [-0.05, 0) is 78.4 Å². The lowest BCUT2D eigenvalue weighted by Gasteiger charge is -2.26. The van der Waals surface area contributed by atoms with Crippen LogP contribution in [0.25, 0.3) is 121 Å². The van der Waals surface area contributed by atoms with E-state index in [0.717, 1.165) is 116 Å². The van der Waals surface area contributed by atoms with Crippen molar-refractivity contribution < 1.29 is 0 Å². The van der Waals surface area contributed by atoms with E-state index in [1.165, 1.54) is 10.8 Å². The van der Waals surface area contributed by atoms with Crippen molar-refractivity contribution in [1.82, 2.24) is 23.3 Å². The molecule has 0 saturated carbocycles. The molecule has 0 spiro atoms. The van der Waals surface area contributed by atoms with Crippen molar-refractivity contribution >= 4 is 110 Å². The van der Waals surface area contributed by atoms with E-state index in [4.69, 9.17) is 16.6 Å². The number of benzene rings is 10. The van der Waals surface area contributed by atoms with Crippen molar-refractivity contribution in [3.05, 3.63) is 285 Å². The van der Waals surface area contributed by atoms with E-state index in [1.54, 1.807) is 0 Å². The van der Waals surface area contributed by atoms with Crippen LogP contribution in [-0.4, -0.2) is 29.1 Å². The van der Waals surface area contributed by atoms with Crippen molar-refractivity contribution in [2.24, 2.45) is 4.99 Å². The predicted molar refractivity (Wildman–Crippen MR) is 319 cm³/mol. The van der Waals surface area contributed by atoms with Crippen LogP contribution in [0.5, 0.6) is 0 Å². The van der Waals surface area contributed by atoms with Crippen molar-refractivity contribution in [2.45, 2.75) is 0 Å². The summed E-state index contributed by atoms with van der Waals surface area (Å²) in [6.07, 6.45) is 1.88. The molecule has 76 heavy (non-hydrogen) atoms. The largest absolute Gasteiger partial charge is 0.309 e. The molecule has 0 aliphatic carbocycles. The second-order valence-electron chi connectivity index (χ2n) is 19.4. The zero-order chi connectivity index (χ0) is 50.3. The summed E-state index contributed by atoms with van der Waals surface area (Å²) in [6.45, 7) is 4.92. The molecular weight excluding hydrogens is 925 g/mol. The standard InChI is InChI=1S/C70H46N6/c1-46(47-41-43-48(44-42-47)73-60-33-12-4-23-50(60)51-24-5-13-34-61(51)73)72-70(76-66-39-18-10-29-56(66)57-30-11-19-40-67(57)76)69(75-64-37-16-8-27-54(64)55-28-9-17-38-65(55)75)68(58-31-3-2-22-49(58)59-32-20-21-45-71-59)74-62-35-14-6-25-52(62)53-26-7-15-36-63(53)74/h2-45H,1H2/b69-68+,72-70?. The number of aliphatic imine (C=N–C) groups is 1. The summed E-state index contributed by atoms with van der Waals surface area (Å²) < 4.78 is 9.65. The van der Waals surface area contributed by atoms with Gasteiger partial charge in [-0.1, -0.05) is 195 Å². The van der Waals surface area contributed by atoms with Crippen LogP contribution in [0.2, 0.25) is 0 Å². The van der Waals surface area contributed by atoms with Gasteiger partial charge in [-0.2, -0.15) is 0 Å². The number of para-hydroxylation sites is 8. The lowest BCUT2D eigenvalue weighted by atomic mass is 9.98. The number of rotatable bonds is 8. The first-order valence-electron chi connectivity index (χ1n) is 25.8. The van der Waals surface area contributed by atoms with Crippen LogP contribution in [0.3, 0.4) is 0 Å². The van der Waals surface area contributed by atoms with Gasteiger partial charge < -0.3 is 13.7 Å². The molecule has 356 valence electrons. The third-order valence-corrected chi connectivity index (χ3v) is 15.2. The highest BCUT2D eigenvalue weighted by Crippen LogP contribution is 2.44. The van der Waals surface area contributed by atoms with E-state index in [2.05, 4.69) is 273 Å². The first kappa shape index (κ1) is 43.3. The number of aromatic nitrogens is 5. The minimum absolute atomic E-state index is 0.614. The average Bonchev–Trinajstić information content (AvgIpc) is 4.23. The fourth-order valence-corrected chi connectivity index (χ4v) is 12.0. The monoisotopic (exact) mass is 970 g/mol. The van der Waals surface area contributed by atoms with Crippen LogP contribution in [0.15, 0.2) is 279 Å². The number of nitrogens with zero attached hydrogens (tertiary/aromatic N) is 6. The summed E-state index contributed by atoms with van der Waals surface area (Å²) in [5, 5.41) is 9.26. The fourth-order valence-electron chi connectivity index (χ4n) is 12.0. The molecule has 0 N–H and O–H groups in total. The molecule has 15 rings (SSSR count). The Kier molecular flexibility index (Phi) is 9.93. The highest BCUT2D eigenvalue weighted by molar-refractivity contribution is 6.35. The van der Waals surface area contributed by atoms with Crippen molar-refractivity contribution in [1.29, 1.82) is 0 Å². The number of hydrogen-bond acceptors (Lipinski definition) is 2. The zero-order valence-corrected chi connectivity index (χ0v) is 41.3. The number of hydrogen-bond donors (Lipinski definition) is 0. The summed E-state index contributed by atoms with van der Waals surface area (Å²) in [6, 6.07) is 93.4. The third kappa shape index (κ3) is 6.61. The van der Waals surface area contributed by atoms with Crippen molar-refractivity contribution in [3.8, 4) is 16.9 Å². The van der Waals surface area contributed by atoms with Gasteiger partial charge in [-0.15, -0.1) is 0 Å². The molecule has 0 unspecified atom stereocenters. The minimum Gasteiger partial charge on any atom is -0.309 e. The lowest BCUT2D eigenvalue weighted by Crippen LogP contribution is -2.22. The average molecular weight is 971 g/mol. The molecule has 10 aromatic carbocycles. The fraction of sp³-hybridized carbons (Fsp3) is 0. The maximum absolute atomic E-state index is 6.04. The summed E-state index contributed by atoms with van der Waals surface area (Å²) >= 11 is 0. The Balaban J connectivity index is 1.12. The second-order valence-corrected chi connectivity index (χ2v) is 19.4. The van der Waals surface area contributed by atoms with Crippen LogP contribution in [0, 0.1) is 0 Å². The van der Waals surface area contributed by atoms with E-state index in [0.29, 0.717) is 11.5 Å². The number of allylic oxidation sites excluding steroid dienone is 1. The molecule has 15 aromatic rings. The highest BCUT2D eigenvalue weighted by atomic mass is 15.2. The molecule has 0 bridgehead atoms. The molecule has 0 fully saturated rings. The Bertz CT molecular complexity index is 4670. The van der Waals surface area contributed by atoms with E-state index >= 15 is 0 Å². The topological polar surface area (TPSA) is 45.0 Å². The van der Waals surface area contributed by atoms with Crippen LogP contribution < -0.4 is 0 Å². The molecule has 0 amide bonds. The van der Waals surface area contributed by atoms with Gasteiger partial charge in [0.05, 0.1) is 61.2 Å².